The summed E-state index contributed by atoms with van der Waals surface area (Å²) in [6.45, 7) is 1.61. The van der Waals surface area contributed by atoms with Crippen molar-refractivity contribution in [2.75, 3.05) is 23.4 Å². The fourth-order valence-electron chi connectivity index (χ4n) is 3.75. The van der Waals surface area contributed by atoms with E-state index < -0.39 is 36.3 Å². The van der Waals surface area contributed by atoms with Gasteiger partial charge in [-0.25, -0.2) is 14.5 Å². The van der Waals surface area contributed by atoms with E-state index in [0.29, 0.717) is 6.42 Å². The molecule has 3 amide bonds. The minimum Gasteiger partial charge on any atom is -0.462 e. The van der Waals surface area contributed by atoms with Gasteiger partial charge in [0.25, 0.3) is 17.7 Å². The van der Waals surface area contributed by atoms with Crippen LogP contribution in [0.25, 0.3) is 0 Å². The second-order valence-electron chi connectivity index (χ2n) is 8.35. The first kappa shape index (κ1) is 26.6. The predicted octanol–water partition coefficient (Wildman–Crippen LogP) is 4.89. The lowest BCUT2D eigenvalue weighted by Gasteiger charge is -2.15. The Hall–Kier alpha value is -4.50. The highest BCUT2D eigenvalue weighted by atomic mass is 35.5. The third-order valence-electron chi connectivity index (χ3n) is 5.67. The summed E-state index contributed by atoms with van der Waals surface area (Å²) in [7, 11) is 0. The number of nitrogens with one attached hydrogen (secondary N) is 1. The second-order valence-corrected chi connectivity index (χ2v) is 8.76. The van der Waals surface area contributed by atoms with Gasteiger partial charge in [-0.1, -0.05) is 43.1 Å². The average molecular weight is 535 g/mol. The number of halogens is 1. The number of imide groups is 1. The van der Waals surface area contributed by atoms with Gasteiger partial charge in [-0.2, -0.15) is 0 Å². The van der Waals surface area contributed by atoms with Gasteiger partial charge in [-0.05, 0) is 55.0 Å². The largest absolute Gasteiger partial charge is 0.462 e. The summed E-state index contributed by atoms with van der Waals surface area (Å²) >= 11 is 6.09. The summed E-state index contributed by atoms with van der Waals surface area (Å²) in [5.41, 5.74) is 1.18. The fourth-order valence-corrected chi connectivity index (χ4v) is 3.95. The number of hydrogen-bond acceptors (Lipinski definition) is 7. The van der Waals surface area contributed by atoms with Crippen LogP contribution in [0.4, 0.5) is 11.4 Å². The molecule has 9 nitrogen and oxygen atoms in total. The first-order valence-corrected chi connectivity index (χ1v) is 12.2. The number of esters is 2. The van der Waals surface area contributed by atoms with Gasteiger partial charge in [0.15, 0.2) is 6.61 Å². The first-order valence-electron chi connectivity index (χ1n) is 11.8. The average Bonchev–Trinajstić information content (AvgIpc) is 3.18. The molecule has 0 unspecified atom stereocenters. The van der Waals surface area contributed by atoms with E-state index in [1.165, 1.54) is 42.5 Å². The predicted molar refractivity (Wildman–Crippen MR) is 140 cm³/mol. The minimum absolute atomic E-state index is 0.0514. The Morgan fingerprint density at radius 3 is 2.26 bits per heavy atom. The van der Waals surface area contributed by atoms with Crippen LogP contribution in [0.15, 0.2) is 66.7 Å². The molecule has 0 saturated carbocycles. The van der Waals surface area contributed by atoms with Crippen molar-refractivity contribution in [2.45, 2.75) is 19.8 Å². The topological polar surface area (TPSA) is 119 Å². The molecule has 1 aliphatic heterocycles. The molecule has 38 heavy (non-hydrogen) atoms. The molecule has 0 fully saturated rings. The van der Waals surface area contributed by atoms with Crippen LogP contribution in [0, 0.1) is 0 Å². The zero-order chi connectivity index (χ0) is 27.2. The summed E-state index contributed by atoms with van der Waals surface area (Å²) < 4.78 is 10.3. The maximum absolute atomic E-state index is 12.7. The molecule has 10 heteroatoms. The molecule has 3 aromatic carbocycles. The van der Waals surface area contributed by atoms with Crippen molar-refractivity contribution in [3.8, 4) is 0 Å². The molecule has 0 saturated heterocycles. The van der Waals surface area contributed by atoms with Crippen molar-refractivity contribution in [1.82, 2.24) is 0 Å². The normalized spacial score (nSPS) is 12.2. The molecular weight excluding hydrogens is 512 g/mol. The van der Waals surface area contributed by atoms with E-state index >= 15 is 0 Å². The van der Waals surface area contributed by atoms with Gasteiger partial charge in [0.05, 0.1) is 39.6 Å². The van der Waals surface area contributed by atoms with E-state index in [2.05, 4.69) is 5.32 Å². The van der Waals surface area contributed by atoms with Gasteiger partial charge < -0.3 is 14.8 Å². The third-order valence-corrected chi connectivity index (χ3v) is 6.00. The number of anilines is 2. The van der Waals surface area contributed by atoms with Gasteiger partial charge >= 0.3 is 11.9 Å². The minimum atomic E-state index is -0.824. The van der Waals surface area contributed by atoms with E-state index in [1.807, 2.05) is 6.92 Å². The monoisotopic (exact) mass is 534 g/mol. The van der Waals surface area contributed by atoms with Crippen molar-refractivity contribution >= 4 is 52.6 Å². The Morgan fingerprint density at radius 2 is 1.58 bits per heavy atom. The van der Waals surface area contributed by atoms with Crippen molar-refractivity contribution in [1.29, 1.82) is 0 Å². The molecule has 1 heterocycles. The summed E-state index contributed by atoms with van der Waals surface area (Å²) in [6, 6.07) is 16.6. The number of nitrogens with zero attached hydrogens (tertiary/aromatic N) is 1. The SMILES string of the molecule is CCCCOC(=O)c1cc(NC(=O)COC(=O)c2cccc(N3C(=O)c4ccccc4C3=O)c2)ccc1Cl. The number of unbranched alkanes of at least 4 members (excludes halogenated alkanes) is 1. The number of amides is 3. The first-order chi connectivity index (χ1) is 18.3. The van der Waals surface area contributed by atoms with Crippen molar-refractivity contribution in [2.24, 2.45) is 0 Å². The van der Waals surface area contributed by atoms with Gasteiger partial charge in [-0.15, -0.1) is 0 Å². The van der Waals surface area contributed by atoms with Crippen LogP contribution in [0.5, 0.6) is 0 Å². The van der Waals surface area contributed by atoms with Gasteiger partial charge in [0.2, 0.25) is 0 Å². The Bertz CT molecular complexity index is 1400. The van der Waals surface area contributed by atoms with Gasteiger partial charge in [0, 0.05) is 5.69 Å². The molecule has 4 rings (SSSR count). The number of carbonyl (C=O) groups is 5. The molecule has 1 aliphatic rings. The van der Waals surface area contributed by atoms with E-state index in [-0.39, 0.29) is 45.3 Å². The molecular formula is C28H23ClN2O7. The lowest BCUT2D eigenvalue weighted by molar-refractivity contribution is -0.119. The highest BCUT2D eigenvalue weighted by Gasteiger charge is 2.36. The summed E-state index contributed by atoms with van der Waals surface area (Å²) in [5, 5.41) is 2.71. The van der Waals surface area contributed by atoms with Crippen LogP contribution in [-0.4, -0.2) is 42.9 Å². The lowest BCUT2D eigenvalue weighted by atomic mass is 10.1. The van der Waals surface area contributed by atoms with Crippen LogP contribution >= 0.6 is 11.6 Å². The maximum atomic E-state index is 12.7. The molecule has 194 valence electrons. The van der Waals surface area contributed by atoms with Crippen LogP contribution in [-0.2, 0) is 14.3 Å². The number of rotatable bonds is 9. The number of ether oxygens (including phenoxy) is 2. The molecule has 0 aliphatic carbocycles. The highest BCUT2D eigenvalue weighted by Crippen LogP contribution is 2.29. The summed E-state index contributed by atoms with van der Waals surface area (Å²) in [5.74, 6) is -3.07. The number of carbonyl (C=O) groups excluding carboxylic acids is 5. The third kappa shape index (κ3) is 5.73. The van der Waals surface area contributed by atoms with E-state index in [9.17, 15) is 24.0 Å². The molecule has 0 radical (unpaired) electrons. The van der Waals surface area contributed by atoms with Crippen LogP contribution in [0.2, 0.25) is 5.02 Å². The van der Waals surface area contributed by atoms with Gasteiger partial charge in [-0.3, -0.25) is 14.4 Å². The van der Waals surface area contributed by atoms with E-state index in [1.54, 1.807) is 24.3 Å². The Labute approximate surface area is 223 Å². The number of hydrogen-bond donors (Lipinski definition) is 1. The zero-order valence-electron chi connectivity index (χ0n) is 20.4. The number of fused-ring (bicyclic) bond motifs is 1. The van der Waals surface area contributed by atoms with E-state index in [4.69, 9.17) is 21.1 Å². The Balaban J connectivity index is 1.37. The second kappa shape index (κ2) is 11.7. The van der Waals surface area contributed by atoms with Crippen molar-refractivity contribution < 1.29 is 33.4 Å². The number of benzene rings is 3. The van der Waals surface area contributed by atoms with E-state index in [0.717, 1.165) is 11.3 Å². The molecule has 0 bridgehead atoms. The Morgan fingerprint density at radius 1 is 0.868 bits per heavy atom. The Kier molecular flexibility index (Phi) is 8.18. The molecule has 0 atom stereocenters. The molecule has 1 N–H and O–H groups in total. The summed E-state index contributed by atoms with van der Waals surface area (Å²) in [6.07, 6.45) is 1.58. The molecule has 0 spiro atoms. The molecule has 0 aromatic heterocycles. The lowest BCUT2D eigenvalue weighted by Crippen LogP contribution is -2.29. The standard InChI is InChI=1S/C28H23ClN2O7/c1-2-3-13-37-28(36)22-15-18(11-12-23(22)29)30-24(32)16-38-27(35)17-7-6-8-19(14-17)31-25(33)20-9-4-5-10-21(20)26(31)34/h4-12,14-15H,2-3,13,16H2,1H3,(H,30,32). The summed E-state index contributed by atoms with van der Waals surface area (Å²) in [4.78, 5) is 63.7. The van der Waals surface area contributed by atoms with Crippen LogP contribution in [0.1, 0.15) is 61.2 Å². The van der Waals surface area contributed by atoms with Gasteiger partial charge in [0.1, 0.15) is 0 Å². The van der Waals surface area contributed by atoms with Crippen molar-refractivity contribution in [3.63, 3.8) is 0 Å². The highest BCUT2D eigenvalue weighted by molar-refractivity contribution is 6.34. The van der Waals surface area contributed by atoms with Crippen LogP contribution in [0.3, 0.4) is 0 Å². The maximum Gasteiger partial charge on any atom is 0.339 e. The molecule has 3 aromatic rings. The smallest absolute Gasteiger partial charge is 0.339 e. The van der Waals surface area contributed by atoms with Crippen LogP contribution < -0.4 is 10.2 Å². The van der Waals surface area contributed by atoms with Crippen molar-refractivity contribution in [3.05, 3.63) is 94.0 Å². The fraction of sp³-hybridized carbons (Fsp3) is 0.179. The zero-order valence-corrected chi connectivity index (χ0v) is 21.1. The quantitative estimate of drug-likeness (QED) is 0.236.